The Morgan fingerprint density at radius 1 is 1.54 bits per heavy atom. The quantitative estimate of drug-likeness (QED) is 0.662. The van der Waals surface area contributed by atoms with Gasteiger partial charge >= 0.3 is 0 Å². The number of pyridine rings is 1. The van der Waals surface area contributed by atoms with Gasteiger partial charge in [-0.2, -0.15) is 0 Å². The predicted octanol–water partition coefficient (Wildman–Crippen LogP) is 0.436. The molecule has 1 heterocycles. The fourth-order valence-corrected chi connectivity index (χ4v) is 0.998. The molecule has 0 saturated carbocycles. The molecule has 0 aromatic carbocycles. The molecule has 0 fully saturated rings. The summed E-state index contributed by atoms with van der Waals surface area (Å²) in [4.78, 5) is 15.4. The number of hydrogen-bond donors (Lipinski definition) is 2. The van der Waals surface area contributed by atoms with Crippen LogP contribution in [0.4, 0.5) is 0 Å². The molecule has 1 unspecified atom stereocenters. The zero-order valence-electron chi connectivity index (χ0n) is 7.74. The van der Waals surface area contributed by atoms with Crippen molar-refractivity contribution in [3.05, 3.63) is 30.1 Å². The lowest BCUT2D eigenvalue weighted by molar-refractivity contribution is -0.123. The van der Waals surface area contributed by atoms with E-state index in [2.05, 4.69) is 15.8 Å². The van der Waals surface area contributed by atoms with Crippen molar-refractivity contribution in [1.29, 1.82) is 0 Å². The van der Waals surface area contributed by atoms with Crippen LogP contribution in [0.1, 0.15) is 18.5 Å². The molecule has 1 aromatic heterocycles. The maximum absolute atomic E-state index is 11.3. The van der Waals surface area contributed by atoms with Gasteiger partial charge in [0.1, 0.15) is 0 Å². The third-order valence-electron chi connectivity index (χ3n) is 1.77. The standard InChI is InChI=1S/C9H13N3O/c1-7(9(13)12-10-2)8-5-3-4-6-11-8/h3-7,10H,1-2H3,(H,12,13). The summed E-state index contributed by atoms with van der Waals surface area (Å²) in [6.45, 7) is 1.81. The third kappa shape index (κ3) is 2.52. The minimum Gasteiger partial charge on any atom is -0.291 e. The van der Waals surface area contributed by atoms with Crippen LogP contribution in [0, 0.1) is 0 Å². The number of carbonyl (C=O) groups excluding carboxylic acids is 1. The Morgan fingerprint density at radius 3 is 2.85 bits per heavy atom. The van der Waals surface area contributed by atoms with Gasteiger partial charge in [0.15, 0.2) is 0 Å². The van der Waals surface area contributed by atoms with Gasteiger partial charge in [0.25, 0.3) is 0 Å². The summed E-state index contributed by atoms with van der Waals surface area (Å²) in [5.41, 5.74) is 5.88. The highest BCUT2D eigenvalue weighted by molar-refractivity contribution is 5.82. The summed E-state index contributed by atoms with van der Waals surface area (Å²) in [6.07, 6.45) is 1.68. The summed E-state index contributed by atoms with van der Waals surface area (Å²) in [6, 6.07) is 5.53. The normalized spacial score (nSPS) is 12.2. The van der Waals surface area contributed by atoms with Gasteiger partial charge in [-0.1, -0.05) is 6.07 Å². The Hall–Kier alpha value is -1.42. The van der Waals surface area contributed by atoms with E-state index in [9.17, 15) is 4.79 Å². The maximum atomic E-state index is 11.3. The number of hydrazine groups is 1. The van der Waals surface area contributed by atoms with Crippen LogP contribution in [0.2, 0.25) is 0 Å². The van der Waals surface area contributed by atoms with Gasteiger partial charge in [0.05, 0.1) is 11.6 Å². The molecule has 1 rings (SSSR count). The van der Waals surface area contributed by atoms with Crippen molar-refractivity contribution < 1.29 is 4.79 Å². The first-order valence-electron chi connectivity index (χ1n) is 4.13. The van der Waals surface area contributed by atoms with Gasteiger partial charge in [-0.25, -0.2) is 5.43 Å². The summed E-state index contributed by atoms with van der Waals surface area (Å²) in [5, 5.41) is 0. The fraction of sp³-hybridized carbons (Fsp3) is 0.333. The van der Waals surface area contributed by atoms with Crippen molar-refractivity contribution in [2.75, 3.05) is 7.05 Å². The highest BCUT2D eigenvalue weighted by Gasteiger charge is 2.14. The largest absolute Gasteiger partial charge is 0.291 e. The summed E-state index contributed by atoms with van der Waals surface area (Å²) >= 11 is 0. The van der Waals surface area contributed by atoms with Gasteiger partial charge < -0.3 is 0 Å². The summed E-state index contributed by atoms with van der Waals surface area (Å²) in [5.74, 6) is -0.310. The van der Waals surface area contributed by atoms with Crippen molar-refractivity contribution in [2.24, 2.45) is 0 Å². The first-order chi connectivity index (χ1) is 6.25. The number of nitrogens with zero attached hydrogens (tertiary/aromatic N) is 1. The van der Waals surface area contributed by atoms with E-state index in [1.165, 1.54) is 0 Å². The van der Waals surface area contributed by atoms with E-state index in [0.29, 0.717) is 0 Å². The molecule has 0 saturated heterocycles. The fourth-order valence-electron chi connectivity index (χ4n) is 0.998. The summed E-state index contributed by atoms with van der Waals surface area (Å²) < 4.78 is 0. The number of carbonyl (C=O) groups is 1. The van der Waals surface area contributed by atoms with Crippen molar-refractivity contribution in [1.82, 2.24) is 15.8 Å². The second kappa shape index (κ2) is 4.57. The lowest BCUT2D eigenvalue weighted by atomic mass is 10.1. The van der Waals surface area contributed by atoms with Crippen LogP contribution in [0.15, 0.2) is 24.4 Å². The molecule has 0 spiro atoms. The Balaban J connectivity index is 2.68. The van der Waals surface area contributed by atoms with E-state index in [1.54, 1.807) is 13.2 Å². The summed E-state index contributed by atoms with van der Waals surface area (Å²) in [7, 11) is 1.66. The first-order valence-corrected chi connectivity index (χ1v) is 4.13. The minimum atomic E-state index is -0.228. The Morgan fingerprint density at radius 2 is 2.31 bits per heavy atom. The second-order valence-electron chi connectivity index (χ2n) is 2.72. The molecule has 1 aromatic rings. The lowest BCUT2D eigenvalue weighted by Crippen LogP contribution is -2.37. The van der Waals surface area contributed by atoms with Crippen LogP contribution in [0.25, 0.3) is 0 Å². The first kappa shape index (κ1) is 9.67. The molecule has 0 aliphatic heterocycles. The Bertz CT molecular complexity index is 273. The van der Waals surface area contributed by atoms with Crippen LogP contribution < -0.4 is 10.9 Å². The smallest absolute Gasteiger partial charge is 0.242 e. The lowest BCUT2D eigenvalue weighted by Gasteiger charge is -2.09. The molecule has 2 N–H and O–H groups in total. The van der Waals surface area contributed by atoms with E-state index in [4.69, 9.17) is 0 Å². The monoisotopic (exact) mass is 179 g/mol. The zero-order chi connectivity index (χ0) is 9.68. The predicted molar refractivity (Wildman–Crippen MR) is 49.9 cm³/mol. The van der Waals surface area contributed by atoms with Crippen LogP contribution in [-0.2, 0) is 4.79 Å². The Labute approximate surface area is 77.3 Å². The molecule has 1 atom stereocenters. The van der Waals surface area contributed by atoms with Crippen molar-refractivity contribution in [3.63, 3.8) is 0 Å². The number of nitrogens with one attached hydrogen (secondary N) is 2. The van der Waals surface area contributed by atoms with Gasteiger partial charge in [-0.05, 0) is 19.1 Å². The number of aromatic nitrogens is 1. The van der Waals surface area contributed by atoms with Crippen LogP contribution in [0.5, 0.6) is 0 Å². The van der Waals surface area contributed by atoms with E-state index < -0.39 is 0 Å². The highest BCUT2D eigenvalue weighted by atomic mass is 16.2. The van der Waals surface area contributed by atoms with Crippen LogP contribution in [0.3, 0.4) is 0 Å². The molecule has 0 aliphatic rings. The molecular formula is C9H13N3O. The topological polar surface area (TPSA) is 54.0 Å². The molecular weight excluding hydrogens is 166 g/mol. The molecule has 0 bridgehead atoms. The molecule has 4 nitrogen and oxygen atoms in total. The van der Waals surface area contributed by atoms with Crippen LogP contribution >= 0.6 is 0 Å². The van der Waals surface area contributed by atoms with Crippen molar-refractivity contribution in [2.45, 2.75) is 12.8 Å². The molecule has 4 heteroatoms. The average Bonchev–Trinajstić information content (AvgIpc) is 2.18. The minimum absolute atomic E-state index is 0.0822. The number of amides is 1. The van der Waals surface area contributed by atoms with E-state index in [1.807, 2.05) is 25.1 Å². The van der Waals surface area contributed by atoms with Gasteiger partial charge in [0.2, 0.25) is 5.91 Å². The number of hydrogen-bond acceptors (Lipinski definition) is 3. The molecule has 0 aliphatic carbocycles. The highest BCUT2D eigenvalue weighted by Crippen LogP contribution is 2.10. The van der Waals surface area contributed by atoms with Gasteiger partial charge in [-0.3, -0.25) is 15.2 Å². The van der Waals surface area contributed by atoms with E-state index in [-0.39, 0.29) is 11.8 Å². The second-order valence-corrected chi connectivity index (χ2v) is 2.72. The van der Waals surface area contributed by atoms with Gasteiger partial charge in [-0.15, -0.1) is 0 Å². The molecule has 13 heavy (non-hydrogen) atoms. The third-order valence-corrected chi connectivity index (χ3v) is 1.77. The molecule has 0 radical (unpaired) electrons. The zero-order valence-corrected chi connectivity index (χ0v) is 7.74. The molecule has 70 valence electrons. The average molecular weight is 179 g/mol. The van der Waals surface area contributed by atoms with Gasteiger partial charge in [0, 0.05) is 13.2 Å². The maximum Gasteiger partial charge on any atom is 0.242 e. The number of rotatable bonds is 3. The van der Waals surface area contributed by atoms with Crippen molar-refractivity contribution in [3.8, 4) is 0 Å². The van der Waals surface area contributed by atoms with Crippen molar-refractivity contribution >= 4 is 5.91 Å². The Kier molecular flexibility index (Phi) is 3.40. The van der Waals surface area contributed by atoms with E-state index in [0.717, 1.165) is 5.69 Å². The van der Waals surface area contributed by atoms with E-state index >= 15 is 0 Å². The van der Waals surface area contributed by atoms with Crippen LogP contribution in [-0.4, -0.2) is 17.9 Å². The SMILES string of the molecule is CNNC(=O)C(C)c1ccccn1. The molecule has 1 amide bonds.